The summed E-state index contributed by atoms with van der Waals surface area (Å²) < 4.78 is 0. The molecule has 4 nitrogen and oxygen atoms in total. The molecule has 0 spiro atoms. The second-order valence-electron chi connectivity index (χ2n) is 9.02. The van der Waals surface area contributed by atoms with Crippen molar-refractivity contribution < 1.29 is 9.59 Å². The third kappa shape index (κ3) is 2.75. The summed E-state index contributed by atoms with van der Waals surface area (Å²) in [6.07, 6.45) is 8.12. The third-order valence-electron chi connectivity index (χ3n) is 7.23. The number of carbonyl (C=O) groups excluding carboxylic acids is 2. The van der Waals surface area contributed by atoms with E-state index in [0.717, 1.165) is 28.3 Å². The molecule has 4 bridgehead atoms. The number of fused-ring (bicyclic) bond motifs is 1. The number of hydrogen-bond donors (Lipinski definition) is 2. The van der Waals surface area contributed by atoms with E-state index in [4.69, 9.17) is 0 Å². The van der Waals surface area contributed by atoms with Crippen LogP contribution in [-0.4, -0.2) is 23.6 Å². The first-order valence-corrected chi connectivity index (χ1v) is 10.9. The minimum atomic E-state index is -0.0131. The van der Waals surface area contributed by atoms with Crippen LogP contribution in [0.15, 0.2) is 23.1 Å². The molecule has 0 aromatic heterocycles. The largest absolute Gasteiger partial charge is 0.349 e. The zero-order valence-corrected chi connectivity index (χ0v) is 16.0. The van der Waals surface area contributed by atoms with Crippen molar-refractivity contribution in [2.75, 3.05) is 11.1 Å². The van der Waals surface area contributed by atoms with E-state index in [-0.39, 0.29) is 17.9 Å². The van der Waals surface area contributed by atoms with Gasteiger partial charge >= 0.3 is 0 Å². The van der Waals surface area contributed by atoms with E-state index in [1.807, 2.05) is 18.2 Å². The van der Waals surface area contributed by atoms with Crippen molar-refractivity contribution in [3.05, 3.63) is 23.8 Å². The Balaban J connectivity index is 1.33. The molecule has 1 heterocycles. The molecule has 4 fully saturated rings. The standard InChI is InChI=1S/C21H26N2O2S/c1-12(21-8-13-4-14(9-21)6-15(5-13)10-21)22-20(25)16-2-3-18-17(7-16)23-19(24)11-26-18/h2-3,7,12-15H,4-6,8-11H2,1H3,(H,22,25)(H,23,24). The van der Waals surface area contributed by atoms with Crippen LogP contribution in [-0.2, 0) is 4.79 Å². The minimum absolute atomic E-state index is 0.00185. The van der Waals surface area contributed by atoms with Crippen molar-refractivity contribution in [1.82, 2.24) is 5.32 Å². The normalized spacial score (nSPS) is 35.6. The summed E-state index contributed by atoms with van der Waals surface area (Å²) in [4.78, 5) is 25.5. The third-order valence-corrected chi connectivity index (χ3v) is 8.30. The fourth-order valence-electron chi connectivity index (χ4n) is 6.37. The van der Waals surface area contributed by atoms with Crippen LogP contribution < -0.4 is 10.6 Å². The van der Waals surface area contributed by atoms with Gasteiger partial charge in [0, 0.05) is 16.5 Å². The topological polar surface area (TPSA) is 58.2 Å². The van der Waals surface area contributed by atoms with Crippen molar-refractivity contribution >= 4 is 29.3 Å². The van der Waals surface area contributed by atoms with Crippen LogP contribution in [0, 0.1) is 23.2 Å². The Hall–Kier alpha value is -1.49. The lowest BCUT2D eigenvalue weighted by Crippen LogP contribution is -2.55. The molecule has 1 aromatic rings. The maximum atomic E-state index is 12.9. The second-order valence-corrected chi connectivity index (χ2v) is 10.0. The number of nitrogens with one attached hydrogen (secondary N) is 2. The predicted octanol–water partition coefficient (Wildman–Crippen LogP) is 4.07. The fraction of sp³-hybridized carbons (Fsp3) is 0.619. The maximum absolute atomic E-state index is 12.9. The molecule has 6 rings (SSSR count). The van der Waals surface area contributed by atoms with Gasteiger partial charge in [-0.2, -0.15) is 0 Å². The number of rotatable bonds is 3. The highest BCUT2D eigenvalue weighted by Gasteiger charge is 2.53. The number of carbonyl (C=O) groups is 2. The molecule has 4 saturated carbocycles. The average Bonchev–Trinajstić information content (AvgIpc) is 2.59. The van der Waals surface area contributed by atoms with Gasteiger partial charge in [0.2, 0.25) is 5.91 Å². The van der Waals surface area contributed by atoms with E-state index in [9.17, 15) is 9.59 Å². The van der Waals surface area contributed by atoms with Gasteiger partial charge in [-0.15, -0.1) is 11.8 Å². The van der Waals surface area contributed by atoms with E-state index in [1.165, 1.54) is 50.3 Å². The van der Waals surface area contributed by atoms with Crippen molar-refractivity contribution in [2.45, 2.75) is 56.4 Å². The molecule has 138 valence electrons. The zero-order valence-electron chi connectivity index (χ0n) is 15.2. The molecule has 0 saturated heterocycles. The molecular formula is C21H26N2O2S. The Morgan fingerprint density at radius 1 is 1.19 bits per heavy atom. The van der Waals surface area contributed by atoms with Gasteiger partial charge in [0.05, 0.1) is 11.4 Å². The van der Waals surface area contributed by atoms with Gasteiger partial charge in [-0.25, -0.2) is 0 Å². The van der Waals surface area contributed by atoms with Crippen molar-refractivity contribution in [1.29, 1.82) is 0 Å². The molecule has 5 aliphatic rings. The van der Waals surface area contributed by atoms with Crippen LogP contribution in [0.5, 0.6) is 0 Å². The monoisotopic (exact) mass is 370 g/mol. The van der Waals surface area contributed by atoms with Crippen LogP contribution in [0.25, 0.3) is 0 Å². The molecule has 5 heteroatoms. The summed E-state index contributed by atoms with van der Waals surface area (Å²) in [5.41, 5.74) is 1.72. The first-order valence-electron chi connectivity index (χ1n) is 9.88. The molecule has 2 amide bonds. The molecule has 0 radical (unpaired) electrons. The predicted molar refractivity (Wildman–Crippen MR) is 103 cm³/mol. The number of thioether (sulfide) groups is 1. The second kappa shape index (κ2) is 6.01. The fourth-order valence-corrected chi connectivity index (χ4v) is 7.15. The average molecular weight is 371 g/mol. The highest BCUT2D eigenvalue weighted by atomic mass is 32.2. The summed E-state index contributed by atoms with van der Waals surface area (Å²) in [6.45, 7) is 2.21. The first kappa shape index (κ1) is 16.7. The lowest BCUT2D eigenvalue weighted by atomic mass is 9.48. The Kier molecular flexibility index (Phi) is 3.85. The lowest BCUT2D eigenvalue weighted by molar-refractivity contribution is -0.113. The quantitative estimate of drug-likeness (QED) is 0.843. The SMILES string of the molecule is CC(NC(=O)c1ccc2c(c1)NC(=O)CS2)C12CC3CC(CC(C3)C1)C2. The van der Waals surface area contributed by atoms with Gasteiger partial charge < -0.3 is 10.6 Å². The van der Waals surface area contributed by atoms with E-state index in [2.05, 4.69) is 17.6 Å². The number of amides is 2. The van der Waals surface area contributed by atoms with Crippen LogP contribution in [0.4, 0.5) is 5.69 Å². The minimum Gasteiger partial charge on any atom is -0.349 e. The Bertz CT molecular complexity index is 740. The van der Waals surface area contributed by atoms with Crippen molar-refractivity contribution in [3.63, 3.8) is 0 Å². The molecule has 26 heavy (non-hydrogen) atoms. The first-order chi connectivity index (χ1) is 12.5. The van der Waals surface area contributed by atoms with Gasteiger partial charge in [0.25, 0.3) is 5.91 Å². The maximum Gasteiger partial charge on any atom is 0.251 e. The zero-order chi connectivity index (χ0) is 17.9. The van der Waals surface area contributed by atoms with Crippen LogP contribution >= 0.6 is 11.8 Å². The Morgan fingerprint density at radius 2 is 1.85 bits per heavy atom. The number of anilines is 1. The Morgan fingerprint density at radius 3 is 2.50 bits per heavy atom. The van der Waals surface area contributed by atoms with Crippen molar-refractivity contribution in [2.24, 2.45) is 23.2 Å². The summed E-state index contributed by atoms with van der Waals surface area (Å²) in [6, 6.07) is 5.86. The van der Waals surface area contributed by atoms with Crippen LogP contribution in [0.1, 0.15) is 55.8 Å². The molecule has 1 atom stereocenters. The van der Waals surface area contributed by atoms with E-state index in [0.29, 0.717) is 16.7 Å². The van der Waals surface area contributed by atoms with Gasteiger partial charge in [-0.1, -0.05) is 0 Å². The van der Waals surface area contributed by atoms with E-state index >= 15 is 0 Å². The van der Waals surface area contributed by atoms with Gasteiger partial charge in [0.15, 0.2) is 0 Å². The summed E-state index contributed by atoms with van der Waals surface area (Å²) >= 11 is 1.53. The summed E-state index contributed by atoms with van der Waals surface area (Å²) in [5, 5.41) is 6.19. The molecule has 4 aliphatic carbocycles. The summed E-state index contributed by atoms with van der Waals surface area (Å²) in [7, 11) is 0. The smallest absolute Gasteiger partial charge is 0.251 e. The molecule has 1 aliphatic heterocycles. The highest BCUT2D eigenvalue weighted by Crippen LogP contribution is 2.61. The number of hydrogen-bond acceptors (Lipinski definition) is 3. The van der Waals surface area contributed by atoms with Crippen LogP contribution in [0.2, 0.25) is 0 Å². The van der Waals surface area contributed by atoms with Crippen LogP contribution in [0.3, 0.4) is 0 Å². The molecule has 1 aromatic carbocycles. The van der Waals surface area contributed by atoms with Gasteiger partial charge in [-0.3, -0.25) is 9.59 Å². The van der Waals surface area contributed by atoms with Gasteiger partial charge in [0.1, 0.15) is 0 Å². The highest BCUT2D eigenvalue weighted by molar-refractivity contribution is 8.00. The summed E-state index contributed by atoms with van der Waals surface area (Å²) in [5.74, 6) is 3.09. The van der Waals surface area contributed by atoms with E-state index in [1.54, 1.807) is 0 Å². The molecular weight excluding hydrogens is 344 g/mol. The van der Waals surface area contributed by atoms with Gasteiger partial charge in [-0.05, 0) is 86.8 Å². The number of benzene rings is 1. The Labute approximate surface area is 158 Å². The van der Waals surface area contributed by atoms with E-state index < -0.39 is 0 Å². The van der Waals surface area contributed by atoms with Crippen molar-refractivity contribution in [3.8, 4) is 0 Å². The molecule has 2 N–H and O–H groups in total. The lowest BCUT2D eigenvalue weighted by Gasteiger charge is -2.59. The molecule has 1 unspecified atom stereocenters.